The lowest BCUT2D eigenvalue weighted by molar-refractivity contribution is -0.0204. The van der Waals surface area contributed by atoms with Gasteiger partial charge in [0, 0.05) is 13.3 Å². The van der Waals surface area contributed by atoms with E-state index in [0.717, 1.165) is 7.11 Å². The van der Waals surface area contributed by atoms with Gasteiger partial charge >= 0.3 is 7.82 Å². The van der Waals surface area contributed by atoms with Crippen LogP contribution in [0.4, 0.5) is 10.2 Å². The minimum Gasteiger partial charge on any atom is -0.400 e. The monoisotopic (exact) mass is 422 g/mol. The molecular formula is C16H28FN4O6P. The number of aromatic nitrogens is 3. The first-order chi connectivity index (χ1) is 13.3. The van der Waals surface area contributed by atoms with Gasteiger partial charge in [0.1, 0.15) is 18.4 Å². The average molecular weight is 422 g/mol. The van der Waals surface area contributed by atoms with Crippen molar-refractivity contribution in [2.24, 2.45) is 0 Å². The zero-order valence-electron chi connectivity index (χ0n) is 16.2. The Labute approximate surface area is 162 Å². The van der Waals surface area contributed by atoms with Crippen LogP contribution in [0.25, 0.3) is 11.0 Å². The fraction of sp³-hybridized carbons (Fsp3) is 0.625. The van der Waals surface area contributed by atoms with Gasteiger partial charge in [-0.1, -0.05) is 26.7 Å². The summed E-state index contributed by atoms with van der Waals surface area (Å²) in [5.41, 5.74) is 5.95. The third-order valence-electron chi connectivity index (χ3n) is 3.92. The van der Waals surface area contributed by atoms with Gasteiger partial charge < -0.3 is 29.9 Å². The third-order valence-corrected chi connectivity index (χ3v) is 4.40. The first kappa shape index (κ1) is 24.4. The van der Waals surface area contributed by atoms with Crippen molar-refractivity contribution in [3.63, 3.8) is 0 Å². The number of nitrogen functional groups attached to an aromatic ring is 1. The fourth-order valence-electron chi connectivity index (χ4n) is 2.48. The maximum atomic E-state index is 14.0. The molecule has 0 saturated carbocycles. The van der Waals surface area contributed by atoms with E-state index in [1.165, 1.54) is 29.9 Å². The van der Waals surface area contributed by atoms with Crippen molar-refractivity contribution in [1.29, 1.82) is 0 Å². The average Bonchev–Trinajstić information content (AvgIpc) is 3.26. The number of hydrogen-bond acceptors (Lipinski definition) is 7. The normalized spacial score (nSPS) is 19.0. The molecule has 1 aliphatic rings. The lowest BCUT2D eigenvalue weighted by atomic mass is 10.2. The molecule has 0 aliphatic carbocycles. The minimum atomic E-state index is -4.54. The van der Waals surface area contributed by atoms with Gasteiger partial charge in [0.15, 0.2) is 11.5 Å². The molecule has 160 valence electrons. The van der Waals surface area contributed by atoms with E-state index in [0.29, 0.717) is 18.5 Å². The first-order valence-electron chi connectivity index (χ1n) is 8.83. The van der Waals surface area contributed by atoms with Crippen LogP contribution in [0.15, 0.2) is 12.5 Å². The Kier molecular flexibility index (Phi) is 9.94. The lowest BCUT2D eigenvalue weighted by Crippen LogP contribution is -2.16. The predicted molar refractivity (Wildman–Crippen MR) is 102 cm³/mol. The molecule has 2 atom stereocenters. The molecule has 1 fully saturated rings. The second kappa shape index (κ2) is 11.4. The number of ether oxygens (including phenoxy) is 1. The summed E-state index contributed by atoms with van der Waals surface area (Å²) in [4.78, 5) is 25.1. The van der Waals surface area contributed by atoms with E-state index >= 15 is 0 Å². The second-order valence-corrected chi connectivity index (χ2v) is 7.16. The van der Waals surface area contributed by atoms with Crippen LogP contribution in [0.2, 0.25) is 0 Å². The molecule has 1 saturated heterocycles. The Morgan fingerprint density at radius 3 is 2.54 bits per heavy atom. The zero-order valence-corrected chi connectivity index (χ0v) is 17.0. The molecule has 0 bridgehead atoms. The minimum absolute atomic E-state index is 0.0422. The summed E-state index contributed by atoms with van der Waals surface area (Å²) in [6.45, 7) is 4.12. The van der Waals surface area contributed by atoms with E-state index in [2.05, 4.69) is 28.3 Å². The van der Waals surface area contributed by atoms with E-state index in [1.807, 2.05) is 0 Å². The number of hydrogen-bond donors (Lipinski definition) is 4. The van der Waals surface area contributed by atoms with Crippen molar-refractivity contribution < 1.29 is 33.1 Å². The number of anilines is 1. The van der Waals surface area contributed by atoms with Crippen LogP contribution in [0, 0.1) is 5.82 Å². The number of aliphatic hydroxyl groups excluding tert-OH is 1. The molecule has 1 aliphatic heterocycles. The van der Waals surface area contributed by atoms with Gasteiger partial charge in [0.25, 0.3) is 0 Å². The lowest BCUT2D eigenvalue weighted by Gasteiger charge is -2.16. The number of phosphoric ester groups is 1. The standard InChI is InChI=1S/C11H14FN4O5P.C4H10.CH4O/c12-7-3-16(11-9(7)10(13)14-5-15-11)8-2-1-6(21-8)4-20-22(17,18)19;1-3-4-2;1-2/h3,5-6,8H,1-2,4H2,(H2,13,14,15)(H2,17,18,19);3-4H2,1-2H3;2H,1H3. The third kappa shape index (κ3) is 6.77. The number of rotatable bonds is 5. The smallest absolute Gasteiger partial charge is 0.400 e. The van der Waals surface area contributed by atoms with Crippen molar-refractivity contribution in [2.45, 2.75) is 51.9 Å². The molecule has 3 heterocycles. The molecule has 0 amide bonds. The Hall–Kier alpha value is -1.62. The van der Waals surface area contributed by atoms with Crippen LogP contribution < -0.4 is 5.73 Å². The van der Waals surface area contributed by atoms with Gasteiger partial charge in [-0.15, -0.1) is 0 Å². The van der Waals surface area contributed by atoms with Crippen molar-refractivity contribution in [1.82, 2.24) is 14.5 Å². The van der Waals surface area contributed by atoms with Gasteiger partial charge in [-0.3, -0.25) is 4.52 Å². The highest BCUT2D eigenvalue weighted by Gasteiger charge is 2.30. The summed E-state index contributed by atoms with van der Waals surface area (Å²) in [5, 5.41) is 7.13. The number of fused-ring (bicyclic) bond motifs is 1. The van der Waals surface area contributed by atoms with Crippen molar-refractivity contribution in [2.75, 3.05) is 19.5 Å². The summed E-state index contributed by atoms with van der Waals surface area (Å²) in [7, 11) is -3.54. The number of nitrogens with two attached hydrogens (primary N) is 1. The molecular weight excluding hydrogens is 394 g/mol. The molecule has 0 spiro atoms. The quantitative estimate of drug-likeness (QED) is 0.532. The van der Waals surface area contributed by atoms with E-state index in [9.17, 15) is 8.96 Å². The van der Waals surface area contributed by atoms with E-state index in [-0.39, 0.29) is 17.8 Å². The maximum absolute atomic E-state index is 14.0. The molecule has 28 heavy (non-hydrogen) atoms. The summed E-state index contributed by atoms with van der Waals surface area (Å²) in [6.07, 6.45) is 5.15. The number of unbranched alkanes of at least 4 members (excludes halogenated alkanes) is 1. The molecule has 10 nitrogen and oxygen atoms in total. The molecule has 2 aromatic rings. The van der Waals surface area contributed by atoms with Crippen molar-refractivity contribution in [3.8, 4) is 0 Å². The maximum Gasteiger partial charge on any atom is 0.469 e. The number of phosphoric acid groups is 1. The van der Waals surface area contributed by atoms with Crippen LogP contribution >= 0.6 is 7.82 Å². The topological polar surface area (TPSA) is 153 Å². The van der Waals surface area contributed by atoms with Crippen LogP contribution in [0.3, 0.4) is 0 Å². The van der Waals surface area contributed by atoms with Gasteiger partial charge in [-0.05, 0) is 12.8 Å². The number of aliphatic hydroxyl groups is 1. The Balaban J connectivity index is 0.000000583. The van der Waals surface area contributed by atoms with E-state index in [1.54, 1.807) is 0 Å². The SMILES string of the molecule is CCCC.CO.Nc1ncnc2c1c(F)cn2C1CCC(COP(=O)(O)O)O1. The summed E-state index contributed by atoms with van der Waals surface area (Å²) < 4.78 is 36.2. The second-order valence-electron chi connectivity index (χ2n) is 5.92. The molecule has 12 heteroatoms. The van der Waals surface area contributed by atoms with Gasteiger partial charge in [0.2, 0.25) is 0 Å². The van der Waals surface area contributed by atoms with Gasteiger partial charge in [-0.25, -0.2) is 18.9 Å². The summed E-state index contributed by atoms with van der Waals surface area (Å²) >= 11 is 0. The van der Waals surface area contributed by atoms with Crippen molar-refractivity contribution >= 4 is 24.7 Å². The van der Waals surface area contributed by atoms with Gasteiger partial charge in [0.05, 0.1) is 18.1 Å². The number of nitrogens with zero attached hydrogens (tertiary/aromatic N) is 3. The Morgan fingerprint density at radius 1 is 1.32 bits per heavy atom. The van der Waals surface area contributed by atoms with Crippen molar-refractivity contribution in [3.05, 3.63) is 18.3 Å². The molecule has 3 rings (SSSR count). The summed E-state index contributed by atoms with van der Waals surface area (Å²) in [5.74, 6) is -0.507. The number of halogens is 1. The Bertz CT molecular complexity index is 782. The molecule has 0 aromatic carbocycles. The van der Waals surface area contributed by atoms with Crippen LogP contribution in [0.1, 0.15) is 45.8 Å². The molecule has 2 unspecified atom stereocenters. The van der Waals surface area contributed by atoms with Crippen LogP contribution in [-0.2, 0) is 13.8 Å². The van der Waals surface area contributed by atoms with E-state index in [4.69, 9.17) is 25.4 Å². The highest BCUT2D eigenvalue weighted by atomic mass is 31.2. The molecule has 2 aromatic heterocycles. The predicted octanol–water partition coefficient (Wildman–Crippen LogP) is 2.35. The first-order valence-corrected chi connectivity index (χ1v) is 10.4. The Morgan fingerprint density at radius 2 is 1.96 bits per heavy atom. The molecule has 0 radical (unpaired) electrons. The van der Waals surface area contributed by atoms with E-state index < -0.39 is 26.0 Å². The van der Waals surface area contributed by atoms with Crippen LogP contribution in [0.5, 0.6) is 0 Å². The highest BCUT2D eigenvalue weighted by Crippen LogP contribution is 2.39. The fourth-order valence-corrected chi connectivity index (χ4v) is 2.84. The van der Waals surface area contributed by atoms with Crippen LogP contribution in [-0.4, -0.2) is 49.2 Å². The highest BCUT2D eigenvalue weighted by molar-refractivity contribution is 7.46. The zero-order chi connectivity index (χ0) is 21.3. The summed E-state index contributed by atoms with van der Waals surface area (Å²) in [6, 6.07) is 0. The molecule has 5 N–H and O–H groups in total. The largest absolute Gasteiger partial charge is 0.469 e. The van der Waals surface area contributed by atoms with Gasteiger partial charge in [-0.2, -0.15) is 0 Å².